The highest BCUT2D eigenvalue weighted by molar-refractivity contribution is 7.92. The van der Waals surface area contributed by atoms with Crippen LogP contribution < -0.4 is 0 Å². The number of sulfone groups is 1. The van der Waals surface area contributed by atoms with Gasteiger partial charge in [0, 0.05) is 13.1 Å². The van der Waals surface area contributed by atoms with Crippen LogP contribution in [0, 0.1) is 0 Å². The molecule has 0 spiro atoms. The molecule has 2 aliphatic rings. The molecule has 1 saturated carbocycles. The van der Waals surface area contributed by atoms with Crippen molar-refractivity contribution in [1.29, 1.82) is 0 Å². The van der Waals surface area contributed by atoms with Crippen molar-refractivity contribution in [2.24, 2.45) is 0 Å². The van der Waals surface area contributed by atoms with Gasteiger partial charge in [-0.3, -0.25) is 4.79 Å². The average Bonchev–Trinajstić information content (AvgIpc) is 2.37. The van der Waals surface area contributed by atoms with Crippen LogP contribution >= 0.6 is 11.6 Å². The highest BCUT2D eigenvalue weighted by atomic mass is 35.5. The van der Waals surface area contributed by atoms with Gasteiger partial charge < -0.3 is 4.90 Å². The first-order valence-electron chi connectivity index (χ1n) is 7.06. The number of nitrogens with zero attached hydrogens (tertiary/aromatic N) is 1. The van der Waals surface area contributed by atoms with Gasteiger partial charge in [-0.25, -0.2) is 8.42 Å². The number of carbonyl (C=O) groups excluding carboxylic acids is 1. The summed E-state index contributed by atoms with van der Waals surface area (Å²) in [7, 11) is -1.55. The van der Waals surface area contributed by atoms with Crippen molar-refractivity contribution < 1.29 is 13.2 Å². The van der Waals surface area contributed by atoms with Gasteiger partial charge in [0.2, 0.25) is 5.91 Å². The summed E-state index contributed by atoms with van der Waals surface area (Å²) >= 11 is 6.29. The molecule has 1 saturated heterocycles. The summed E-state index contributed by atoms with van der Waals surface area (Å²) in [5, 5.41) is -0.883. The Kier molecular flexibility index (Phi) is 4.77. The van der Waals surface area contributed by atoms with Gasteiger partial charge in [-0.1, -0.05) is 19.3 Å². The highest BCUT2D eigenvalue weighted by Crippen LogP contribution is 2.29. The van der Waals surface area contributed by atoms with E-state index in [9.17, 15) is 13.2 Å². The summed E-state index contributed by atoms with van der Waals surface area (Å²) < 4.78 is 24.0. The third-order valence-corrected chi connectivity index (χ3v) is 7.02. The van der Waals surface area contributed by atoms with Gasteiger partial charge in [-0.05, 0) is 25.7 Å². The van der Waals surface area contributed by atoms with Crippen molar-refractivity contribution >= 4 is 27.3 Å². The van der Waals surface area contributed by atoms with E-state index in [1.807, 2.05) is 0 Å². The Morgan fingerprint density at radius 1 is 1.11 bits per heavy atom. The number of amides is 1. The third kappa shape index (κ3) is 3.24. The zero-order valence-corrected chi connectivity index (χ0v) is 12.9. The second-order valence-corrected chi connectivity index (χ2v) is 8.53. The Labute approximate surface area is 120 Å². The minimum absolute atomic E-state index is 0.0138. The van der Waals surface area contributed by atoms with E-state index < -0.39 is 15.1 Å². The molecule has 2 rings (SSSR count). The SMILES string of the molecule is CN(C(=O)C1CCCCS1(=O)=O)C1CCCCC1Cl. The van der Waals surface area contributed by atoms with Gasteiger partial charge >= 0.3 is 0 Å². The molecule has 0 radical (unpaired) electrons. The van der Waals surface area contributed by atoms with Crippen LogP contribution in [0.2, 0.25) is 0 Å². The Bertz CT molecular complexity index is 437. The fraction of sp³-hybridized carbons (Fsp3) is 0.923. The molecule has 0 aromatic carbocycles. The van der Waals surface area contributed by atoms with Crippen LogP contribution in [-0.4, -0.2) is 48.7 Å². The maximum atomic E-state index is 12.4. The number of hydrogen-bond donors (Lipinski definition) is 0. The van der Waals surface area contributed by atoms with E-state index in [1.165, 1.54) is 0 Å². The van der Waals surface area contributed by atoms with Crippen molar-refractivity contribution in [3.05, 3.63) is 0 Å². The summed E-state index contributed by atoms with van der Waals surface area (Å²) in [6, 6.07) is -0.0138. The molecule has 0 N–H and O–H groups in total. The van der Waals surface area contributed by atoms with Crippen LogP contribution in [0.15, 0.2) is 0 Å². The molecule has 1 aliphatic heterocycles. The second kappa shape index (κ2) is 6.00. The fourth-order valence-corrected chi connectivity index (χ4v) is 5.46. The zero-order chi connectivity index (χ0) is 14.0. The minimum atomic E-state index is -3.26. The maximum Gasteiger partial charge on any atom is 0.240 e. The summed E-state index contributed by atoms with van der Waals surface area (Å²) in [5.41, 5.74) is 0. The number of rotatable bonds is 2. The standard InChI is InChI=1S/C13H22ClNO3S/c1-15(11-7-3-2-6-10(11)14)13(16)12-8-4-5-9-19(12,17)18/h10-12H,2-9H2,1H3. The Morgan fingerprint density at radius 2 is 1.74 bits per heavy atom. The Hall–Kier alpha value is -0.290. The van der Waals surface area contributed by atoms with Crippen molar-refractivity contribution in [1.82, 2.24) is 4.90 Å². The summed E-state index contributed by atoms with van der Waals surface area (Å²) in [4.78, 5) is 14.0. The number of hydrogen-bond acceptors (Lipinski definition) is 3. The van der Waals surface area contributed by atoms with E-state index in [4.69, 9.17) is 11.6 Å². The lowest BCUT2D eigenvalue weighted by Crippen LogP contribution is -2.51. The molecule has 3 unspecified atom stereocenters. The van der Waals surface area contributed by atoms with E-state index >= 15 is 0 Å². The molecule has 0 aromatic rings. The molecule has 2 fully saturated rings. The van der Waals surface area contributed by atoms with Crippen LogP contribution in [0.3, 0.4) is 0 Å². The topological polar surface area (TPSA) is 54.5 Å². The number of alkyl halides is 1. The average molecular weight is 308 g/mol. The van der Waals surface area contributed by atoms with Crippen molar-refractivity contribution in [2.75, 3.05) is 12.8 Å². The van der Waals surface area contributed by atoms with Gasteiger partial charge in [0.25, 0.3) is 0 Å². The van der Waals surface area contributed by atoms with Crippen LogP contribution in [0.5, 0.6) is 0 Å². The van der Waals surface area contributed by atoms with E-state index in [2.05, 4.69) is 0 Å². The van der Waals surface area contributed by atoms with Crippen molar-refractivity contribution in [3.8, 4) is 0 Å². The largest absolute Gasteiger partial charge is 0.340 e. The first-order valence-corrected chi connectivity index (χ1v) is 9.21. The summed E-state index contributed by atoms with van der Waals surface area (Å²) in [6.07, 6.45) is 5.89. The molecule has 4 nitrogen and oxygen atoms in total. The lowest BCUT2D eigenvalue weighted by Gasteiger charge is -2.37. The second-order valence-electron chi connectivity index (χ2n) is 5.67. The molecular formula is C13H22ClNO3S. The molecule has 0 bridgehead atoms. The van der Waals surface area contributed by atoms with Crippen LogP contribution in [0.4, 0.5) is 0 Å². The summed E-state index contributed by atoms with van der Waals surface area (Å²) in [5.74, 6) is -0.107. The molecule has 19 heavy (non-hydrogen) atoms. The van der Waals surface area contributed by atoms with Crippen molar-refractivity contribution in [2.45, 2.75) is 61.6 Å². The fourth-order valence-electron chi connectivity index (χ4n) is 3.12. The molecule has 1 amide bonds. The van der Waals surface area contributed by atoms with Crippen LogP contribution in [0.1, 0.15) is 44.9 Å². The van der Waals surface area contributed by atoms with Crippen LogP contribution in [-0.2, 0) is 14.6 Å². The lowest BCUT2D eigenvalue weighted by molar-refractivity contribution is -0.132. The predicted molar refractivity (Wildman–Crippen MR) is 76.1 cm³/mol. The monoisotopic (exact) mass is 307 g/mol. The van der Waals surface area contributed by atoms with E-state index in [1.54, 1.807) is 11.9 Å². The molecule has 1 heterocycles. The molecule has 0 aromatic heterocycles. The quantitative estimate of drug-likeness (QED) is 0.733. The first kappa shape index (κ1) is 15.1. The number of halogens is 1. The predicted octanol–water partition coefficient (Wildman–Crippen LogP) is 1.96. The Morgan fingerprint density at radius 3 is 2.37 bits per heavy atom. The lowest BCUT2D eigenvalue weighted by atomic mass is 9.93. The van der Waals surface area contributed by atoms with E-state index in [0.717, 1.165) is 32.1 Å². The molecule has 3 atom stereocenters. The normalized spacial score (nSPS) is 34.7. The smallest absolute Gasteiger partial charge is 0.240 e. The minimum Gasteiger partial charge on any atom is -0.340 e. The third-order valence-electron chi connectivity index (χ3n) is 4.35. The molecule has 6 heteroatoms. The van der Waals surface area contributed by atoms with Gasteiger partial charge in [0.15, 0.2) is 9.84 Å². The van der Waals surface area contributed by atoms with Crippen molar-refractivity contribution in [3.63, 3.8) is 0 Å². The molecule has 110 valence electrons. The van der Waals surface area contributed by atoms with E-state index in [-0.39, 0.29) is 23.1 Å². The van der Waals surface area contributed by atoms with Gasteiger partial charge in [0.1, 0.15) is 5.25 Å². The van der Waals surface area contributed by atoms with E-state index in [0.29, 0.717) is 12.8 Å². The highest BCUT2D eigenvalue weighted by Gasteiger charge is 2.39. The first-order chi connectivity index (χ1) is 8.93. The van der Waals surface area contributed by atoms with Crippen LogP contribution in [0.25, 0.3) is 0 Å². The Balaban J connectivity index is 2.09. The molecular weight excluding hydrogens is 286 g/mol. The zero-order valence-electron chi connectivity index (χ0n) is 11.3. The summed E-state index contributed by atoms with van der Waals surface area (Å²) in [6.45, 7) is 0. The molecule has 1 aliphatic carbocycles. The van der Waals surface area contributed by atoms with Gasteiger partial charge in [0.05, 0.1) is 11.1 Å². The number of carbonyl (C=O) groups is 1. The maximum absolute atomic E-state index is 12.4. The van der Waals surface area contributed by atoms with Gasteiger partial charge in [-0.2, -0.15) is 0 Å². The van der Waals surface area contributed by atoms with Gasteiger partial charge in [-0.15, -0.1) is 11.6 Å².